The fourth-order valence-electron chi connectivity index (χ4n) is 1.16. The molecular weight excluding hydrogens is 346 g/mol. The Morgan fingerprint density at radius 2 is 0.609 bits per heavy atom. The van der Waals surface area contributed by atoms with Crippen LogP contribution >= 0.6 is 0 Å². The van der Waals surface area contributed by atoms with Gasteiger partial charge in [0, 0.05) is 43.1 Å². The maximum atomic E-state index is 11.0. The van der Waals surface area contributed by atoms with Crippen LogP contribution in [0.4, 0.5) is 0 Å². The average Bonchev–Trinajstić information content (AvgIpc) is 2.38. The minimum absolute atomic E-state index is 0. The molecule has 0 rings (SSSR count). The molecule has 0 aromatic rings. The van der Waals surface area contributed by atoms with E-state index in [2.05, 4.69) is 0 Å². The van der Waals surface area contributed by atoms with Crippen LogP contribution in [-0.2, 0) is 38.7 Å². The third-order valence-electron chi connectivity index (χ3n) is 3.27. The first-order valence-corrected chi connectivity index (χ1v) is 8.00. The average molecular weight is 378 g/mol. The van der Waals surface area contributed by atoms with Crippen LogP contribution in [0.3, 0.4) is 0 Å². The molecule has 5 heteroatoms. The molecule has 0 unspecified atom stereocenters. The van der Waals surface area contributed by atoms with Gasteiger partial charge in [0.15, 0.2) is 0 Å². The van der Waals surface area contributed by atoms with E-state index in [1.54, 1.807) is 0 Å². The van der Waals surface area contributed by atoms with Gasteiger partial charge in [-0.05, 0) is 0 Å². The number of Topliss-reactive ketones (excluding diaryl/α,β-unsaturated/α-hetero) is 4. The summed E-state index contributed by atoms with van der Waals surface area (Å²) in [5.41, 5.74) is 0. The van der Waals surface area contributed by atoms with E-state index in [-0.39, 0.29) is 79.1 Å². The van der Waals surface area contributed by atoms with Gasteiger partial charge in [0.1, 0.15) is 23.1 Å². The molecule has 0 bridgehead atoms. The molecular formula is C18H32O4Zn. The predicted molar refractivity (Wildman–Crippen MR) is 88.6 cm³/mol. The van der Waals surface area contributed by atoms with Crippen LogP contribution in [0.25, 0.3) is 0 Å². The molecule has 0 N–H and O–H groups in total. The Morgan fingerprint density at radius 1 is 0.478 bits per heavy atom. The van der Waals surface area contributed by atoms with Crippen molar-refractivity contribution in [3.05, 3.63) is 0 Å². The molecule has 0 atom stereocenters. The van der Waals surface area contributed by atoms with Crippen LogP contribution in [0.5, 0.6) is 0 Å². The number of carbonyl (C=O) groups is 4. The van der Waals surface area contributed by atoms with Crippen molar-refractivity contribution in [2.24, 2.45) is 23.7 Å². The van der Waals surface area contributed by atoms with E-state index in [0.29, 0.717) is 0 Å². The fraction of sp³-hybridized carbons (Fsp3) is 0.778. The quantitative estimate of drug-likeness (QED) is 0.478. The van der Waals surface area contributed by atoms with E-state index >= 15 is 0 Å². The first-order chi connectivity index (χ1) is 9.89. The summed E-state index contributed by atoms with van der Waals surface area (Å²) >= 11 is 0. The maximum absolute atomic E-state index is 11.0. The molecule has 0 spiro atoms. The smallest absolute Gasteiger partial charge is 0.142 e. The van der Waals surface area contributed by atoms with Crippen LogP contribution < -0.4 is 0 Å². The summed E-state index contributed by atoms with van der Waals surface area (Å²) in [6.45, 7) is 14.5. The minimum atomic E-state index is -0.0160. The van der Waals surface area contributed by atoms with Gasteiger partial charge in [-0.25, -0.2) is 0 Å². The standard InChI is InChI=1S/2C9H16O2.Zn/c2*1-6(2)8(10)5-9(11)7(3)4;/h2*6-7H,5H2,1-4H3;. The summed E-state index contributed by atoms with van der Waals surface area (Å²) < 4.78 is 0. The van der Waals surface area contributed by atoms with Gasteiger partial charge in [0.2, 0.25) is 0 Å². The number of carbonyl (C=O) groups excluding carboxylic acids is 4. The molecule has 0 aromatic heterocycles. The molecule has 4 nitrogen and oxygen atoms in total. The molecule has 0 saturated heterocycles. The maximum Gasteiger partial charge on any atom is 0.142 e. The number of hydrogen-bond donors (Lipinski definition) is 0. The Kier molecular flexibility index (Phi) is 16.2. The summed E-state index contributed by atoms with van der Waals surface area (Å²) in [5, 5.41) is 0. The zero-order valence-corrected chi connectivity index (χ0v) is 19.0. The van der Waals surface area contributed by atoms with Gasteiger partial charge in [-0.2, -0.15) is 0 Å². The molecule has 0 aliphatic heterocycles. The number of hydrogen-bond acceptors (Lipinski definition) is 4. The van der Waals surface area contributed by atoms with Gasteiger partial charge in [-0.1, -0.05) is 55.4 Å². The summed E-state index contributed by atoms with van der Waals surface area (Å²) in [4.78, 5) is 44.1. The Labute approximate surface area is 153 Å². The second-order valence-electron chi connectivity index (χ2n) is 6.84. The molecule has 0 heterocycles. The van der Waals surface area contributed by atoms with Crippen molar-refractivity contribution in [2.45, 2.75) is 68.2 Å². The third kappa shape index (κ3) is 14.6. The van der Waals surface area contributed by atoms with Crippen LogP contribution in [0.15, 0.2) is 0 Å². The molecule has 0 saturated carbocycles. The van der Waals surface area contributed by atoms with E-state index in [0.717, 1.165) is 0 Å². The second-order valence-corrected chi connectivity index (χ2v) is 6.84. The molecule has 0 radical (unpaired) electrons. The second kappa shape index (κ2) is 13.7. The first-order valence-electron chi connectivity index (χ1n) is 8.00. The fourth-order valence-corrected chi connectivity index (χ4v) is 1.16. The van der Waals surface area contributed by atoms with Crippen molar-refractivity contribution >= 4 is 23.1 Å². The monoisotopic (exact) mass is 376 g/mol. The van der Waals surface area contributed by atoms with Crippen molar-refractivity contribution in [3.63, 3.8) is 0 Å². The van der Waals surface area contributed by atoms with Crippen molar-refractivity contribution in [2.75, 3.05) is 0 Å². The SMILES string of the molecule is CC(C)C(=O)CC(=O)C(C)C.CC(C)C(=O)CC(=O)C(C)C.[Zn]. The van der Waals surface area contributed by atoms with Crippen molar-refractivity contribution in [1.29, 1.82) is 0 Å². The largest absolute Gasteiger partial charge is 0.299 e. The minimum Gasteiger partial charge on any atom is -0.299 e. The van der Waals surface area contributed by atoms with E-state index in [9.17, 15) is 19.2 Å². The zero-order chi connectivity index (χ0) is 18.0. The topological polar surface area (TPSA) is 68.3 Å². The predicted octanol–water partition coefficient (Wildman–Crippen LogP) is 3.65. The van der Waals surface area contributed by atoms with Gasteiger partial charge >= 0.3 is 0 Å². The van der Waals surface area contributed by atoms with Gasteiger partial charge in [-0.15, -0.1) is 0 Å². The van der Waals surface area contributed by atoms with Crippen LogP contribution in [0.1, 0.15) is 68.2 Å². The van der Waals surface area contributed by atoms with Crippen LogP contribution in [-0.4, -0.2) is 23.1 Å². The molecule has 0 aliphatic rings. The Balaban J connectivity index is -0.000000333. The molecule has 23 heavy (non-hydrogen) atoms. The normalized spacial score (nSPS) is 10.3. The molecule has 0 aliphatic carbocycles. The summed E-state index contributed by atoms with van der Waals surface area (Å²) in [6.07, 6.45) is 0.213. The zero-order valence-electron chi connectivity index (χ0n) is 16.1. The van der Waals surface area contributed by atoms with E-state index in [1.165, 1.54) is 0 Å². The Hall–Kier alpha value is -0.697. The number of rotatable bonds is 8. The van der Waals surface area contributed by atoms with Gasteiger partial charge < -0.3 is 0 Å². The molecule has 130 valence electrons. The Bertz CT molecular complexity index is 322. The number of ketones is 4. The van der Waals surface area contributed by atoms with E-state index < -0.39 is 0 Å². The first kappa shape index (κ1) is 27.2. The third-order valence-corrected chi connectivity index (χ3v) is 3.27. The summed E-state index contributed by atoms with van der Waals surface area (Å²) in [7, 11) is 0. The van der Waals surface area contributed by atoms with Crippen molar-refractivity contribution in [1.82, 2.24) is 0 Å². The molecule has 0 aromatic carbocycles. The van der Waals surface area contributed by atoms with E-state index in [4.69, 9.17) is 0 Å². The molecule has 0 amide bonds. The van der Waals surface area contributed by atoms with Crippen molar-refractivity contribution < 1.29 is 38.7 Å². The summed E-state index contributed by atoms with van der Waals surface area (Å²) in [6, 6.07) is 0. The Morgan fingerprint density at radius 3 is 0.696 bits per heavy atom. The molecule has 0 fully saturated rings. The van der Waals surface area contributed by atoms with Crippen LogP contribution in [0.2, 0.25) is 0 Å². The van der Waals surface area contributed by atoms with Gasteiger partial charge in [-0.3, -0.25) is 19.2 Å². The van der Waals surface area contributed by atoms with E-state index in [1.807, 2.05) is 55.4 Å². The summed E-state index contributed by atoms with van der Waals surface area (Å²) in [5.74, 6) is 0.116. The van der Waals surface area contributed by atoms with Crippen LogP contribution in [0, 0.1) is 23.7 Å². The van der Waals surface area contributed by atoms with Gasteiger partial charge in [0.25, 0.3) is 0 Å². The van der Waals surface area contributed by atoms with Gasteiger partial charge in [0.05, 0.1) is 12.8 Å². The van der Waals surface area contributed by atoms with Crippen molar-refractivity contribution in [3.8, 4) is 0 Å².